The molecule has 0 N–H and O–H groups in total. The maximum absolute atomic E-state index is 5.77. The number of anilines is 1. The van der Waals surface area contributed by atoms with Gasteiger partial charge in [0.1, 0.15) is 6.33 Å². The van der Waals surface area contributed by atoms with E-state index in [1.54, 1.807) is 10.8 Å². The SMILES string of the molecule is Cc1cc(N2CCC3(CC2)OCCO3)c2nncn2n1. The molecule has 1 spiro atoms. The lowest BCUT2D eigenvalue weighted by molar-refractivity contribution is -0.169. The van der Waals surface area contributed by atoms with Crippen LogP contribution in [-0.2, 0) is 9.47 Å². The zero-order valence-electron chi connectivity index (χ0n) is 11.4. The van der Waals surface area contributed by atoms with Crippen molar-refractivity contribution in [2.45, 2.75) is 25.6 Å². The molecule has 0 atom stereocenters. The van der Waals surface area contributed by atoms with Crippen LogP contribution in [0.15, 0.2) is 12.4 Å². The van der Waals surface area contributed by atoms with Crippen molar-refractivity contribution in [3.63, 3.8) is 0 Å². The Bertz CT molecular complexity index is 625. The van der Waals surface area contributed by atoms with E-state index in [0.29, 0.717) is 13.2 Å². The Labute approximate surface area is 116 Å². The van der Waals surface area contributed by atoms with Gasteiger partial charge in [-0.25, -0.2) is 0 Å². The maximum Gasteiger partial charge on any atom is 0.200 e. The average Bonchev–Trinajstić information content (AvgIpc) is 3.08. The van der Waals surface area contributed by atoms with Gasteiger partial charge in [-0.3, -0.25) is 0 Å². The molecule has 4 rings (SSSR count). The molecule has 20 heavy (non-hydrogen) atoms. The van der Waals surface area contributed by atoms with Crippen LogP contribution in [0.5, 0.6) is 0 Å². The number of hydrogen-bond acceptors (Lipinski definition) is 6. The van der Waals surface area contributed by atoms with Crippen molar-refractivity contribution in [2.75, 3.05) is 31.2 Å². The van der Waals surface area contributed by atoms with Gasteiger partial charge in [-0.2, -0.15) is 9.61 Å². The van der Waals surface area contributed by atoms with Crippen LogP contribution in [0.1, 0.15) is 18.5 Å². The van der Waals surface area contributed by atoms with E-state index in [2.05, 4.69) is 26.3 Å². The first-order valence-corrected chi connectivity index (χ1v) is 6.96. The molecule has 2 fully saturated rings. The van der Waals surface area contributed by atoms with E-state index in [-0.39, 0.29) is 5.79 Å². The second-order valence-corrected chi connectivity index (χ2v) is 5.36. The highest BCUT2D eigenvalue weighted by Crippen LogP contribution is 2.34. The number of fused-ring (bicyclic) bond motifs is 1. The van der Waals surface area contributed by atoms with Crippen molar-refractivity contribution in [1.29, 1.82) is 0 Å². The van der Waals surface area contributed by atoms with Crippen LogP contribution in [0.4, 0.5) is 5.69 Å². The summed E-state index contributed by atoms with van der Waals surface area (Å²) < 4.78 is 13.3. The first-order valence-electron chi connectivity index (χ1n) is 6.96. The highest BCUT2D eigenvalue weighted by Gasteiger charge is 2.40. The molecule has 106 valence electrons. The quantitative estimate of drug-likeness (QED) is 0.766. The Morgan fingerprint density at radius 3 is 2.70 bits per heavy atom. The van der Waals surface area contributed by atoms with E-state index in [0.717, 1.165) is 43.0 Å². The summed E-state index contributed by atoms with van der Waals surface area (Å²) in [7, 11) is 0. The first kappa shape index (κ1) is 12.0. The second kappa shape index (κ2) is 4.39. The zero-order chi connectivity index (χ0) is 13.6. The van der Waals surface area contributed by atoms with Gasteiger partial charge in [0.2, 0.25) is 5.65 Å². The third-order valence-corrected chi connectivity index (χ3v) is 4.05. The van der Waals surface area contributed by atoms with E-state index < -0.39 is 0 Å². The van der Waals surface area contributed by atoms with Gasteiger partial charge in [-0.1, -0.05) is 0 Å². The highest BCUT2D eigenvalue weighted by molar-refractivity contribution is 5.68. The van der Waals surface area contributed by atoms with E-state index >= 15 is 0 Å². The van der Waals surface area contributed by atoms with Crippen molar-refractivity contribution >= 4 is 11.3 Å². The van der Waals surface area contributed by atoms with Crippen LogP contribution in [0, 0.1) is 6.92 Å². The Morgan fingerprint density at radius 2 is 1.95 bits per heavy atom. The molecule has 2 aliphatic rings. The lowest BCUT2D eigenvalue weighted by Gasteiger charge is -2.38. The number of piperidine rings is 1. The van der Waals surface area contributed by atoms with Crippen LogP contribution in [-0.4, -0.2) is 51.9 Å². The molecule has 0 aliphatic carbocycles. The third kappa shape index (κ3) is 1.85. The Kier molecular flexibility index (Phi) is 2.64. The number of nitrogens with zero attached hydrogens (tertiary/aromatic N) is 5. The molecule has 2 saturated heterocycles. The van der Waals surface area contributed by atoms with Crippen LogP contribution in [0.25, 0.3) is 5.65 Å². The smallest absolute Gasteiger partial charge is 0.200 e. The fourth-order valence-electron chi connectivity index (χ4n) is 3.04. The van der Waals surface area contributed by atoms with Gasteiger partial charge in [0.25, 0.3) is 0 Å². The molecule has 0 amide bonds. The largest absolute Gasteiger partial charge is 0.368 e. The summed E-state index contributed by atoms with van der Waals surface area (Å²) in [6, 6.07) is 2.07. The van der Waals surface area contributed by atoms with Crippen LogP contribution >= 0.6 is 0 Å². The van der Waals surface area contributed by atoms with Crippen molar-refractivity contribution < 1.29 is 9.47 Å². The van der Waals surface area contributed by atoms with Crippen molar-refractivity contribution in [1.82, 2.24) is 19.8 Å². The van der Waals surface area contributed by atoms with E-state index in [4.69, 9.17) is 9.47 Å². The lowest BCUT2D eigenvalue weighted by atomic mass is 10.0. The lowest BCUT2D eigenvalue weighted by Crippen LogP contribution is -2.45. The summed E-state index contributed by atoms with van der Waals surface area (Å²) in [4.78, 5) is 2.31. The van der Waals surface area contributed by atoms with Crippen LogP contribution in [0.2, 0.25) is 0 Å². The minimum atomic E-state index is -0.345. The van der Waals surface area contributed by atoms with Gasteiger partial charge in [0, 0.05) is 25.9 Å². The van der Waals surface area contributed by atoms with Gasteiger partial charge in [-0.15, -0.1) is 10.2 Å². The van der Waals surface area contributed by atoms with Gasteiger partial charge in [-0.05, 0) is 13.0 Å². The number of aromatic nitrogens is 4. The Balaban J connectivity index is 1.62. The summed E-state index contributed by atoms with van der Waals surface area (Å²) in [5.41, 5.74) is 2.85. The summed E-state index contributed by atoms with van der Waals surface area (Å²) in [6.45, 7) is 5.20. The molecule has 7 nitrogen and oxygen atoms in total. The third-order valence-electron chi connectivity index (χ3n) is 4.05. The minimum absolute atomic E-state index is 0.345. The number of rotatable bonds is 1. The van der Waals surface area contributed by atoms with E-state index in [9.17, 15) is 0 Å². The molecule has 0 saturated carbocycles. The predicted molar refractivity (Wildman–Crippen MR) is 71.6 cm³/mol. The molecule has 7 heteroatoms. The van der Waals surface area contributed by atoms with E-state index in [1.165, 1.54) is 0 Å². The number of hydrogen-bond donors (Lipinski definition) is 0. The average molecular weight is 275 g/mol. The summed E-state index contributed by atoms with van der Waals surface area (Å²) in [5.74, 6) is -0.345. The van der Waals surface area contributed by atoms with Crippen molar-refractivity contribution in [3.8, 4) is 0 Å². The summed E-state index contributed by atoms with van der Waals surface area (Å²) in [6.07, 6.45) is 3.41. The molecule has 2 aliphatic heterocycles. The monoisotopic (exact) mass is 275 g/mol. The molecular weight excluding hydrogens is 258 g/mol. The molecule has 0 aromatic carbocycles. The zero-order valence-corrected chi connectivity index (χ0v) is 11.4. The van der Waals surface area contributed by atoms with Gasteiger partial charge >= 0.3 is 0 Å². The van der Waals surface area contributed by atoms with Crippen LogP contribution in [0.3, 0.4) is 0 Å². The Hall–Kier alpha value is -1.73. The number of ether oxygens (including phenoxy) is 2. The highest BCUT2D eigenvalue weighted by atomic mass is 16.7. The normalized spacial score (nSPS) is 21.9. The Morgan fingerprint density at radius 1 is 1.20 bits per heavy atom. The van der Waals surface area contributed by atoms with Gasteiger partial charge < -0.3 is 14.4 Å². The van der Waals surface area contributed by atoms with Crippen molar-refractivity contribution in [3.05, 3.63) is 18.1 Å². The predicted octanol–water partition coefficient (Wildman–Crippen LogP) is 0.776. The fraction of sp³-hybridized carbons (Fsp3) is 0.615. The standard InChI is InChI=1S/C13H17N5O2/c1-10-8-11(12-15-14-9-18(12)16-10)17-4-2-13(3-5-17)19-6-7-20-13/h8-9H,2-7H2,1H3. The van der Waals surface area contributed by atoms with Gasteiger partial charge in [0.05, 0.1) is 24.6 Å². The molecule has 2 aromatic heterocycles. The van der Waals surface area contributed by atoms with Crippen molar-refractivity contribution in [2.24, 2.45) is 0 Å². The molecule has 0 radical (unpaired) electrons. The first-order chi connectivity index (χ1) is 9.76. The molecule has 0 bridgehead atoms. The minimum Gasteiger partial charge on any atom is -0.368 e. The molecular formula is C13H17N5O2. The summed E-state index contributed by atoms with van der Waals surface area (Å²) >= 11 is 0. The topological polar surface area (TPSA) is 64.8 Å². The molecule has 4 heterocycles. The fourth-order valence-corrected chi connectivity index (χ4v) is 3.04. The molecule has 0 unspecified atom stereocenters. The van der Waals surface area contributed by atoms with Crippen LogP contribution < -0.4 is 4.90 Å². The maximum atomic E-state index is 5.77. The summed E-state index contributed by atoms with van der Waals surface area (Å²) in [5, 5.41) is 12.5. The van der Waals surface area contributed by atoms with Gasteiger partial charge in [0.15, 0.2) is 5.79 Å². The second-order valence-electron chi connectivity index (χ2n) is 5.36. The molecule has 2 aromatic rings. The number of aryl methyl sites for hydroxylation is 1. The van der Waals surface area contributed by atoms with E-state index in [1.807, 2.05) is 6.92 Å².